The Hall–Kier alpha value is -2.53. The van der Waals surface area contributed by atoms with Crippen LogP contribution in [0.2, 0.25) is 0 Å². The van der Waals surface area contributed by atoms with Gasteiger partial charge in [-0.15, -0.1) is 0 Å². The van der Waals surface area contributed by atoms with E-state index in [9.17, 15) is 4.79 Å². The molecule has 5 nitrogen and oxygen atoms in total. The summed E-state index contributed by atoms with van der Waals surface area (Å²) < 4.78 is 11.0. The lowest BCUT2D eigenvalue weighted by Gasteiger charge is -2.19. The van der Waals surface area contributed by atoms with Crippen LogP contribution >= 0.6 is 0 Å². The summed E-state index contributed by atoms with van der Waals surface area (Å²) in [5, 5.41) is 2.91. The van der Waals surface area contributed by atoms with Gasteiger partial charge in [0.2, 0.25) is 0 Å². The number of nitrogens with zero attached hydrogens (tertiary/aromatic N) is 1. The number of carbonyl (C=O) groups excluding carboxylic acids is 1. The van der Waals surface area contributed by atoms with E-state index in [1.807, 2.05) is 24.3 Å². The van der Waals surface area contributed by atoms with Crippen LogP contribution in [0.1, 0.15) is 24.2 Å². The minimum Gasteiger partial charge on any atom is -0.497 e. The first-order chi connectivity index (χ1) is 12.2. The Kier molecular flexibility index (Phi) is 7.29. The molecule has 0 aliphatic rings. The van der Waals surface area contributed by atoms with Gasteiger partial charge in [0.1, 0.15) is 18.1 Å². The predicted octanol–water partition coefficient (Wildman–Crippen LogP) is 3.67. The van der Waals surface area contributed by atoms with Gasteiger partial charge in [-0.05, 0) is 43.4 Å². The van der Waals surface area contributed by atoms with E-state index in [2.05, 4.69) is 24.1 Å². The van der Waals surface area contributed by atoms with Gasteiger partial charge in [-0.25, -0.2) is 0 Å². The standard InChI is InChI=1S/C20H26N2O3/c1-4-22(5-2)13-14-25-19-12-7-6-11-18(19)21-20(23)16-9-8-10-17(15-16)24-3/h6-12,15H,4-5,13-14H2,1-3H3,(H,21,23). The number of likely N-dealkylation sites (N-methyl/N-ethyl adjacent to an activating group) is 1. The minimum absolute atomic E-state index is 0.196. The van der Waals surface area contributed by atoms with Gasteiger partial charge in [-0.1, -0.05) is 32.0 Å². The van der Waals surface area contributed by atoms with E-state index in [1.165, 1.54) is 0 Å². The van der Waals surface area contributed by atoms with Crippen molar-refractivity contribution in [1.29, 1.82) is 0 Å². The van der Waals surface area contributed by atoms with Crippen LogP contribution in [0.3, 0.4) is 0 Å². The van der Waals surface area contributed by atoms with Crippen LogP contribution in [0.25, 0.3) is 0 Å². The molecule has 134 valence electrons. The van der Waals surface area contributed by atoms with Gasteiger partial charge >= 0.3 is 0 Å². The summed E-state index contributed by atoms with van der Waals surface area (Å²) in [6.45, 7) is 7.68. The largest absolute Gasteiger partial charge is 0.497 e. The number of hydrogen-bond acceptors (Lipinski definition) is 4. The number of anilines is 1. The number of methoxy groups -OCH3 is 1. The molecule has 0 radical (unpaired) electrons. The molecule has 0 aliphatic carbocycles. The average Bonchev–Trinajstić information content (AvgIpc) is 2.66. The van der Waals surface area contributed by atoms with Crippen molar-refractivity contribution in [3.63, 3.8) is 0 Å². The highest BCUT2D eigenvalue weighted by Crippen LogP contribution is 2.25. The molecule has 0 unspecified atom stereocenters. The fourth-order valence-corrected chi connectivity index (χ4v) is 2.48. The minimum atomic E-state index is -0.196. The number of rotatable bonds is 9. The lowest BCUT2D eigenvalue weighted by atomic mass is 10.2. The number of nitrogens with one attached hydrogen (secondary N) is 1. The third kappa shape index (κ3) is 5.50. The molecule has 0 aliphatic heterocycles. The zero-order chi connectivity index (χ0) is 18.1. The highest BCUT2D eigenvalue weighted by Gasteiger charge is 2.11. The van der Waals surface area contributed by atoms with E-state index in [0.717, 1.165) is 19.6 Å². The molecule has 0 bridgehead atoms. The van der Waals surface area contributed by atoms with Crippen LogP contribution in [0, 0.1) is 0 Å². The molecule has 0 aromatic heterocycles. The Morgan fingerprint density at radius 2 is 1.84 bits per heavy atom. The molecule has 0 spiro atoms. The summed E-state index contributed by atoms with van der Waals surface area (Å²) in [4.78, 5) is 14.8. The van der Waals surface area contributed by atoms with E-state index in [0.29, 0.717) is 29.4 Å². The van der Waals surface area contributed by atoms with Crippen molar-refractivity contribution in [1.82, 2.24) is 4.90 Å². The lowest BCUT2D eigenvalue weighted by Crippen LogP contribution is -2.28. The maximum atomic E-state index is 12.5. The first-order valence-corrected chi connectivity index (χ1v) is 8.57. The van der Waals surface area contributed by atoms with Crippen LogP contribution in [0.15, 0.2) is 48.5 Å². The van der Waals surface area contributed by atoms with Crippen molar-refractivity contribution in [3.05, 3.63) is 54.1 Å². The van der Waals surface area contributed by atoms with Gasteiger partial charge in [-0.2, -0.15) is 0 Å². The summed E-state index contributed by atoms with van der Waals surface area (Å²) in [6.07, 6.45) is 0. The predicted molar refractivity (Wildman–Crippen MR) is 101 cm³/mol. The third-order valence-electron chi connectivity index (χ3n) is 4.03. The van der Waals surface area contributed by atoms with Crippen LogP contribution in [0.5, 0.6) is 11.5 Å². The Bertz CT molecular complexity index is 684. The Balaban J connectivity index is 2.03. The highest BCUT2D eigenvalue weighted by atomic mass is 16.5. The number of benzene rings is 2. The summed E-state index contributed by atoms with van der Waals surface area (Å²) in [7, 11) is 1.58. The van der Waals surface area contributed by atoms with E-state index in [1.54, 1.807) is 31.4 Å². The Morgan fingerprint density at radius 1 is 1.08 bits per heavy atom. The molecule has 1 N–H and O–H groups in total. The number of hydrogen-bond donors (Lipinski definition) is 1. The smallest absolute Gasteiger partial charge is 0.255 e. The van der Waals surface area contributed by atoms with Crippen LogP contribution in [-0.2, 0) is 0 Å². The van der Waals surface area contributed by atoms with Crippen molar-refractivity contribution in [2.24, 2.45) is 0 Å². The van der Waals surface area contributed by atoms with Crippen molar-refractivity contribution in [3.8, 4) is 11.5 Å². The fourth-order valence-electron chi connectivity index (χ4n) is 2.48. The third-order valence-corrected chi connectivity index (χ3v) is 4.03. The summed E-state index contributed by atoms with van der Waals surface area (Å²) in [5.74, 6) is 1.13. The van der Waals surface area contributed by atoms with Crippen molar-refractivity contribution in [2.45, 2.75) is 13.8 Å². The zero-order valence-electron chi connectivity index (χ0n) is 15.1. The molecule has 0 fully saturated rings. The van der Waals surface area contributed by atoms with Crippen LogP contribution < -0.4 is 14.8 Å². The highest BCUT2D eigenvalue weighted by molar-refractivity contribution is 6.05. The SMILES string of the molecule is CCN(CC)CCOc1ccccc1NC(=O)c1cccc(OC)c1. The van der Waals surface area contributed by atoms with Gasteiger partial charge in [0.25, 0.3) is 5.91 Å². The summed E-state index contributed by atoms with van der Waals surface area (Å²) in [5.41, 5.74) is 1.20. The summed E-state index contributed by atoms with van der Waals surface area (Å²) >= 11 is 0. The molecule has 1 amide bonds. The molecule has 0 heterocycles. The number of para-hydroxylation sites is 2. The zero-order valence-corrected chi connectivity index (χ0v) is 15.1. The Morgan fingerprint density at radius 3 is 2.56 bits per heavy atom. The van der Waals surface area contributed by atoms with Gasteiger partial charge in [0, 0.05) is 12.1 Å². The molecule has 5 heteroatoms. The topological polar surface area (TPSA) is 50.8 Å². The normalized spacial score (nSPS) is 10.6. The van der Waals surface area contributed by atoms with E-state index in [4.69, 9.17) is 9.47 Å². The number of amides is 1. The molecule has 2 rings (SSSR count). The van der Waals surface area contributed by atoms with Crippen LogP contribution in [0.4, 0.5) is 5.69 Å². The van der Waals surface area contributed by atoms with Gasteiger partial charge < -0.3 is 19.7 Å². The van der Waals surface area contributed by atoms with E-state index < -0.39 is 0 Å². The Labute approximate surface area is 149 Å². The number of ether oxygens (including phenoxy) is 2. The van der Waals surface area contributed by atoms with Gasteiger partial charge in [0.15, 0.2) is 0 Å². The van der Waals surface area contributed by atoms with E-state index >= 15 is 0 Å². The van der Waals surface area contributed by atoms with Crippen LogP contribution in [-0.4, -0.2) is 44.2 Å². The monoisotopic (exact) mass is 342 g/mol. The molecular formula is C20H26N2O3. The second-order valence-electron chi connectivity index (χ2n) is 5.56. The molecule has 25 heavy (non-hydrogen) atoms. The molecular weight excluding hydrogens is 316 g/mol. The first kappa shape index (κ1) is 18.8. The average molecular weight is 342 g/mol. The molecule has 0 atom stereocenters. The summed E-state index contributed by atoms with van der Waals surface area (Å²) in [6, 6.07) is 14.5. The molecule has 0 saturated carbocycles. The fraction of sp³-hybridized carbons (Fsp3) is 0.350. The van der Waals surface area contributed by atoms with Gasteiger partial charge in [-0.3, -0.25) is 4.79 Å². The van der Waals surface area contributed by atoms with Crippen molar-refractivity contribution < 1.29 is 14.3 Å². The second-order valence-corrected chi connectivity index (χ2v) is 5.56. The molecule has 2 aromatic rings. The van der Waals surface area contributed by atoms with Crippen molar-refractivity contribution in [2.75, 3.05) is 38.7 Å². The quantitative estimate of drug-likeness (QED) is 0.755. The van der Waals surface area contributed by atoms with Crippen molar-refractivity contribution >= 4 is 11.6 Å². The second kappa shape index (κ2) is 9.69. The first-order valence-electron chi connectivity index (χ1n) is 8.57. The van der Waals surface area contributed by atoms with E-state index in [-0.39, 0.29) is 5.91 Å². The number of carbonyl (C=O) groups is 1. The van der Waals surface area contributed by atoms with Gasteiger partial charge in [0.05, 0.1) is 12.8 Å². The lowest BCUT2D eigenvalue weighted by molar-refractivity contribution is 0.102. The maximum Gasteiger partial charge on any atom is 0.255 e. The maximum absolute atomic E-state index is 12.5. The molecule has 2 aromatic carbocycles. The molecule has 0 saturated heterocycles.